The van der Waals surface area contributed by atoms with E-state index >= 15 is 0 Å². The number of benzene rings is 1. The second-order valence-corrected chi connectivity index (χ2v) is 3.30. The van der Waals surface area contributed by atoms with Gasteiger partial charge in [-0.2, -0.15) is 0 Å². The molecule has 16 heavy (non-hydrogen) atoms. The zero-order valence-corrected chi connectivity index (χ0v) is 9.75. The van der Waals surface area contributed by atoms with E-state index in [-0.39, 0.29) is 0 Å². The molecule has 0 saturated heterocycles. The third-order valence-corrected chi connectivity index (χ3v) is 2.22. The minimum atomic E-state index is 0.778. The molecule has 1 N–H and O–H groups in total. The first-order valence-electron chi connectivity index (χ1n) is 5.21. The molecule has 1 rings (SSSR count). The molecular weight excluding hydrogens is 202 g/mol. The number of rotatable bonds is 6. The van der Waals surface area contributed by atoms with Crippen molar-refractivity contribution in [3.63, 3.8) is 0 Å². The molecule has 0 atom stereocenters. The number of unbranched alkanes of at least 4 members (excludes halogenated alkanes) is 1. The topological polar surface area (TPSA) is 30.5 Å². The van der Waals surface area contributed by atoms with Gasteiger partial charge < -0.3 is 14.8 Å². The summed E-state index contributed by atoms with van der Waals surface area (Å²) in [5.41, 5.74) is 0.959. The van der Waals surface area contributed by atoms with Crippen molar-refractivity contribution < 1.29 is 9.47 Å². The van der Waals surface area contributed by atoms with Crippen LogP contribution in [0.1, 0.15) is 12.8 Å². The number of hydrogen-bond acceptors (Lipinski definition) is 3. The van der Waals surface area contributed by atoms with Crippen molar-refractivity contribution in [3.8, 4) is 23.8 Å². The number of ether oxygens (including phenoxy) is 2. The summed E-state index contributed by atoms with van der Waals surface area (Å²) < 4.78 is 10.4. The van der Waals surface area contributed by atoms with E-state index in [9.17, 15) is 0 Å². The van der Waals surface area contributed by atoms with Gasteiger partial charge in [-0.3, -0.25) is 0 Å². The Hall–Kier alpha value is -1.82. The second kappa shape index (κ2) is 6.62. The lowest BCUT2D eigenvalue weighted by atomic mass is 10.2. The molecule has 0 saturated carbocycles. The van der Waals surface area contributed by atoms with Crippen LogP contribution in [0.4, 0.5) is 5.69 Å². The summed E-state index contributed by atoms with van der Waals surface area (Å²) in [5, 5.41) is 3.27. The van der Waals surface area contributed by atoms with Gasteiger partial charge in [0.05, 0.1) is 19.9 Å². The molecule has 86 valence electrons. The lowest BCUT2D eigenvalue weighted by molar-refractivity contribution is 0.395. The molecule has 0 bridgehead atoms. The van der Waals surface area contributed by atoms with Gasteiger partial charge in [0.2, 0.25) is 0 Å². The van der Waals surface area contributed by atoms with Crippen LogP contribution < -0.4 is 14.8 Å². The molecule has 0 unspecified atom stereocenters. The Morgan fingerprint density at radius 2 is 2.12 bits per heavy atom. The van der Waals surface area contributed by atoms with E-state index in [1.807, 2.05) is 18.2 Å². The number of hydrogen-bond donors (Lipinski definition) is 1. The fraction of sp³-hybridized carbons (Fsp3) is 0.385. The van der Waals surface area contributed by atoms with Crippen LogP contribution >= 0.6 is 0 Å². The smallest absolute Gasteiger partial charge is 0.145 e. The summed E-state index contributed by atoms with van der Waals surface area (Å²) >= 11 is 0. The summed E-state index contributed by atoms with van der Waals surface area (Å²) in [5.74, 6) is 4.17. The molecule has 0 fully saturated rings. The summed E-state index contributed by atoms with van der Waals surface area (Å²) in [4.78, 5) is 0. The maximum atomic E-state index is 5.26. The largest absolute Gasteiger partial charge is 0.497 e. The molecule has 0 aliphatic rings. The van der Waals surface area contributed by atoms with Crippen LogP contribution in [0.2, 0.25) is 0 Å². The van der Waals surface area contributed by atoms with Crippen LogP contribution in [0.25, 0.3) is 0 Å². The van der Waals surface area contributed by atoms with Crippen molar-refractivity contribution in [1.82, 2.24) is 0 Å². The first-order chi connectivity index (χ1) is 7.81. The summed E-state index contributed by atoms with van der Waals surface area (Å²) in [7, 11) is 3.27. The van der Waals surface area contributed by atoms with Crippen LogP contribution in [0.3, 0.4) is 0 Å². The molecule has 0 amide bonds. The Morgan fingerprint density at radius 1 is 1.31 bits per heavy atom. The predicted octanol–water partition coefficient (Wildman–Crippen LogP) is 2.53. The molecule has 0 spiro atoms. The Kier molecular flexibility index (Phi) is 5.07. The maximum Gasteiger partial charge on any atom is 0.145 e. The van der Waals surface area contributed by atoms with Crippen molar-refractivity contribution in [3.05, 3.63) is 18.2 Å². The average Bonchev–Trinajstić information content (AvgIpc) is 2.34. The van der Waals surface area contributed by atoms with Crippen LogP contribution in [-0.4, -0.2) is 20.8 Å². The van der Waals surface area contributed by atoms with E-state index < -0.39 is 0 Å². The van der Waals surface area contributed by atoms with Crippen LogP contribution in [0.15, 0.2) is 18.2 Å². The summed E-state index contributed by atoms with van der Waals surface area (Å²) in [6, 6.07) is 5.68. The molecule has 3 heteroatoms. The Morgan fingerprint density at radius 3 is 2.75 bits per heavy atom. The minimum absolute atomic E-state index is 0.778. The zero-order valence-electron chi connectivity index (χ0n) is 9.75. The Balaban J connectivity index is 2.61. The number of terminal acetylenes is 1. The Labute approximate surface area is 96.8 Å². The number of methoxy groups -OCH3 is 2. The summed E-state index contributed by atoms with van der Waals surface area (Å²) in [6.45, 7) is 0.840. The molecule has 0 heterocycles. The molecule has 0 radical (unpaired) electrons. The average molecular weight is 219 g/mol. The minimum Gasteiger partial charge on any atom is -0.497 e. The fourth-order valence-electron chi connectivity index (χ4n) is 1.36. The third-order valence-electron chi connectivity index (χ3n) is 2.22. The van der Waals surface area contributed by atoms with Gasteiger partial charge in [-0.15, -0.1) is 12.3 Å². The van der Waals surface area contributed by atoms with Gasteiger partial charge >= 0.3 is 0 Å². The highest BCUT2D eigenvalue weighted by Gasteiger charge is 2.03. The van der Waals surface area contributed by atoms with E-state index in [0.29, 0.717) is 0 Å². The first kappa shape index (κ1) is 12.3. The standard InChI is InChI=1S/C13H17NO2/c1-4-5-6-9-14-12-8-7-11(15-2)10-13(12)16-3/h1,7-8,10,14H,5-6,9H2,2-3H3. The number of anilines is 1. The maximum absolute atomic E-state index is 5.26. The van der Waals surface area contributed by atoms with Crippen LogP contribution in [0.5, 0.6) is 11.5 Å². The highest BCUT2D eigenvalue weighted by molar-refractivity contribution is 5.59. The van der Waals surface area contributed by atoms with Gasteiger partial charge in [0, 0.05) is 19.0 Å². The molecular formula is C13H17NO2. The number of nitrogens with one attached hydrogen (secondary N) is 1. The van der Waals surface area contributed by atoms with Gasteiger partial charge in [0.1, 0.15) is 11.5 Å². The first-order valence-corrected chi connectivity index (χ1v) is 5.21. The van der Waals surface area contributed by atoms with E-state index in [1.54, 1.807) is 14.2 Å². The molecule has 0 aromatic heterocycles. The van der Waals surface area contributed by atoms with Gasteiger partial charge in [-0.25, -0.2) is 0 Å². The second-order valence-electron chi connectivity index (χ2n) is 3.30. The monoisotopic (exact) mass is 219 g/mol. The van der Waals surface area contributed by atoms with E-state index in [1.165, 1.54) is 0 Å². The van der Waals surface area contributed by atoms with E-state index in [2.05, 4.69) is 11.2 Å². The highest BCUT2D eigenvalue weighted by atomic mass is 16.5. The van der Waals surface area contributed by atoms with Gasteiger partial charge in [-0.05, 0) is 18.6 Å². The van der Waals surface area contributed by atoms with Crippen molar-refractivity contribution in [2.45, 2.75) is 12.8 Å². The third kappa shape index (κ3) is 3.39. The fourth-order valence-corrected chi connectivity index (χ4v) is 1.36. The summed E-state index contributed by atoms with van der Waals surface area (Å²) in [6.07, 6.45) is 6.92. The zero-order chi connectivity index (χ0) is 11.8. The normalized spacial score (nSPS) is 9.31. The van der Waals surface area contributed by atoms with Crippen molar-refractivity contribution in [1.29, 1.82) is 0 Å². The van der Waals surface area contributed by atoms with E-state index in [4.69, 9.17) is 15.9 Å². The quantitative estimate of drug-likeness (QED) is 0.589. The van der Waals surface area contributed by atoms with Gasteiger partial charge in [0.25, 0.3) is 0 Å². The predicted molar refractivity (Wildman–Crippen MR) is 66.1 cm³/mol. The molecule has 1 aromatic rings. The van der Waals surface area contributed by atoms with Crippen molar-refractivity contribution in [2.24, 2.45) is 0 Å². The lowest BCUT2D eigenvalue weighted by Gasteiger charge is -2.11. The molecule has 0 aliphatic carbocycles. The molecule has 0 aliphatic heterocycles. The van der Waals surface area contributed by atoms with Gasteiger partial charge in [0.15, 0.2) is 0 Å². The Bertz CT molecular complexity index is 369. The van der Waals surface area contributed by atoms with Crippen LogP contribution in [0, 0.1) is 12.3 Å². The highest BCUT2D eigenvalue weighted by Crippen LogP contribution is 2.28. The van der Waals surface area contributed by atoms with Crippen LogP contribution in [-0.2, 0) is 0 Å². The molecule has 3 nitrogen and oxygen atoms in total. The van der Waals surface area contributed by atoms with Crippen molar-refractivity contribution >= 4 is 5.69 Å². The molecule has 1 aromatic carbocycles. The van der Waals surface area contributed by atoms with Crippen molar-refractivity contribution in [2.75, 3.05) is 26.1 Å². The lowest BCUT2D eigenvalue weighted by Crippen LogP contribution is -2.03. The van der Waals surface area contributed by atoms with E-state index in [0.717, 1.165) is 36.6 Å². The SMILES string of the molecule is C#CCCCNc1ccc(OC)cc1OC. The van der Waals surface area contributed by atoms with Gasteiger partial charge in [-0.1, -0.05) is 0 Å².